The highest BCUT2D eigenvalue weighted by Gasteiger charge is 2.12. The Morgan fingerprint density at radius 2 is 2.13 bits per heavy atom. The molecule has 84 valence electrons. The maximum atomic E-state index is 9.28. The number of nitrogens with one attached hydrogen (secondary N) is 1. The molecule has 0 fully saturated rings. The quantitative estimate of drug-likeness (QED) is 0.893. The van der Waals surface area contributed by atoms with E-state index in [0.717, 1.165) is 10.0 Å². The van der Waals surface area contributed by atoms with Gasteiger partial charge in [-0.15, -0.1) is 0 Å². The van der Waals surface area contributed by atoms with Crippen LogP contribution in [0.1, 0.15) is 25.5 Å². The third-order valence-corrected chi connectivity index (χ3v) is 3.28. The predicted molar refractivity (Wildman–Crippen MR) is 67.3 cm³/mol. The van der Waals surface area contributed by atoms with Gasteiger partial charge in [-0.3, -0.25) is 0 Å². The second kappa shape index (κ2) is 5.85. The number of halogens is 2. The molecule has 2 N–H and O–H groups in total. The normalized spacial score (nSPS) is 13.2. The molecule has 0 radical (unpaired) electrons. The number of hydrogen-bond acceptors (Lipinski definition) is 2. The van der Waals surface area contributed by atoms with Crippen LogP contribution in [0.15, 0.2) is 22.7 Å². The Hall–Kier alpha value is -0.0900. The fourth-order valence-corrected chi connectivity index (χ4v) is 1.90. The highest BCUT2D eigenvalue weighted by Crippen LogP contribution is 2.26. The molecule has 2 nitrogen and oxygen atoms in total. The first-order valence-electron chi connectivity index (χ1n) is 4.86. The first-order chi connectivity index (χ1) is 7.04. The monoisotopic (exact) mass is 291 g/mol. The molecule has 0 aliphatic carbocycles. The third kappa shape index (κ3) is 3.76. The van der Waals surface area contributed by atoms with Crippen LogP contribution in [0.5, 0.6) is 0 Å². The standard InChI is InChI=1S/C11H15BrClNO/c1-7(2)14-11(6-15)8-3-4-10(13)9(12)5-8/h3-5,7,11,14-15H,6H2,1-2H3. The second-order valence-electron chi connectivity index (χ2n) is 3.73. The zero-order chi connectivity index (χ0) is 11.4. The molecule has 15 heavy (non-hydrogen) atoms. The highest BCUT2D eigenvalue weighted by atomic mass is 79.9. The van der Waals surface area contributed by atoms with E-state index in [9.17, 15) is 5.11 Å². The topological polar surface area (TPSA) is 32.3 Å². The van der Waals surface area contributed by atoms with E-state index < -0.39 is 0 Å². The van der Waals surface area contributed by atoms with Gasteiger partial charge >= 0.3 is 0 Å². The van der Waals surface area contributed by atoms with Gasteiger partial charge in [-0.05, 0) is 33.6 Å². The minimum absolute atomic E-state index is 0.0430. The van der Waals surface area contributed by atoms with E-state index in [4.69, 9.17) is 11.6 Å². The molecule has 4 heteroatoms. The SMILES string of the molecule is CC(C)NC(CO)c1ccc(Cl)c(Br)c1. The smallest absolute Gasteiger partial charge is 0.0626 e. The number of hydrogen-bond donors (Lipinski definition) is 2. The Kier molecular flexibility index (Phi) is 5.06. The summed E-state index contributed by atoms with van der Waals surface area (Å²) in [4.78, 5) is 0. The lowest BCUT2D eigenvalue weighted by Gasteiger charge is -2.19. The first-order valence-corrected chi connectivity index (χ1v) is 6.03. The summed E-state index contributed by atoms with van der Waals surface area (Å²) in [6, 6.07) is 5.96. The summed E-state index contributed by atoms with van der Waals surface area (Å²) >= 11 is 9.27. The van der Waals surface area contributed by atoms with E-state index in [1.165, 1.54) is 0 Å². The van der Waals surface area contributed by atoms with Gasteiger partial charge in [-0.2, -0.15) is 0 Å². The molecule has 0 heterocycles. The molecule has 0 saturated heterocycles. The first kappa shape index (κ1) is 13.0. The maximum Gasteiger partial charge on any atom is 0.0626 e. The van der Waals surface area contributed by atoms with Crippen LogP contribution in [0, 0.1) is 0 Å². The molecule has 0 bridgehead atoms. The molecule has 1 atom stereocenters. The van der Waals surface area contributed by atoms with Gasteiger partial charge in [0.05, 0.1) is 17.7 Å². The molecule has 1 unspecified atom stereocenters. The molecule has 0 aromatic heterocycles. The van der Waals surface area contributed by atoms with Crippen LogP contribution < -0.4 is 5.32 Å². The van der Waals surface area contributed by atoms with E-state index in [-0.39, 0.29) is 12.6 Å². The summed E-state index contributed by atoms with van der Waals surface area (Å²) in [5.41, 5.74) is 1.03. The van der Waals surface area contributed by atoms with Crippen molar-refractivity contribution in [3.05, 3.63) is 33.3 Å². The van der Waals surface area contributed by atoms with E-state index in [0.29, 0.717) is 11.1 Å². The largest absolute Gasteiger partial charge is 0.394 e. The summed E-state index contributed by atoms with van der Waals surface area (Å²) in [5, 5.41) is 13.2. The lowest BCUT2D eigenvalue weighted by molar-refractivity contribution is 0.237. The zero-order valence-corrected chi connectivity index (χ0v) is 11.1. The van der Waals surface area contributed by atoms with Crippen molar-refractivity contribution in [2.75, 3.05) is 6.61 Å². The van der Waals surface area contributed by atoms with Crippen LogP contribution in [0.2, 0.25) is 5.02 Å². The maximum absolute atomic E-state index is 9.28. The lowest BCUT2D eigenvalue weighted by atomic mass is 10.1. The number of aliphatic hydroxyl groups excluding tert-OH is 1. The Labute approximate surface area is 104 Å². The number of aliphatic hydroxyl groups is 1. The minimum Gasteiger partial charge on any atom is -0.394 e. The van der Waals surface area contributed by atoms with Crippen LogP contribution in [0.25, 0.3) is 0 Å². The van der Waals surface area contributed by atoms with E-state index in [1.54, 1.807) is 0 Å². The van der Waals surface area contributed by atoms with Gasteiger partial charge in [0.1, 0.15) is 0 Å². The summed E-state index contributed by atoms with van der Waals surface area (Å²) in [6.07, 6.45) is 0. The molecular weight excluding hydrogens is 277 g/mol. The van der Waals surface area contributed by atoms with E-state index >= 15 is 0 Å². The molecule has 0 spiro atoms. The number of rotatable bonds is 4. The number of benzene rings is 1. The van der Waals surface area contributed by atoms with Crippen molar-refractivity contribution in [3.63, 3.8) is 0 Å². The third-order valence-electron chi connectivity index (χ3n) is 2.06. The van der Waals surface area contributed by atoms with Gasteiger partial charge in [-0.1, -0.05) is 31.5 Å². The molecule has 0 aliphatic heterocycles. The van der Waals surface area contributed by atoms with Crippen molar-refractivity contribution in [1.82, 2.24) is 5.32 Å². The van der Waals surface area contributed by atoms with Crippen molar-refractivity contribution in [3.8, 4) is 0 Å². The molecule has 1 rings (SSSR count). The van der Waals surface area contributed by atoms with Gasteiger partial charge < -0.3 is 10.4 Å². The summed E-state index contributed by atoms with van der Waals surface area (Å²) in [6.45, 7) is 4.17. The molecule has 0 aliphatic rings. The Bertz CT molecular complexity index is 330. The van der Waals surface area contributed by atoms with Gasteiger partial charge in [0.2, 0.25) is 0 Å². The van der Waals surface area contributed by atoms with Crippen molar-refractivity contribution in [1.29, 1.82) is 0 Å². The van der Waals surface area contributed by atoms with Gasteiger partial charge in [-0.25, -0.2) is 0 Å². The van der Waals surface area contributed by atoms with E-state index in [2.05, 4.69) is 21.2 Å². The molecule has 0 amide bonds. The predicted octanol–water partition coefficient (Wildman–Crippen LogP) is 3.13. The summed E-state index contributed by atoms with van der Waals surface area (Å²) < 4.78 is 0.852. The summed E-state index contributed by atoms with van der Waals surface area (Å²) in [7, 11) is 0. The van der Waals surface area contributed by atoms with Gasteiger partial charge in [0.25, 0.3) is 0 Å². The fourth-order valence-electron chi connectivity index (χ4n) is 1.39. The molecule has 1 aromatic rings. The fraction of sp³-hybridized carbons (Fsp3) is 0.455. The van der Waals surface area contributed by atoms with E-state index in [1.807, 2.05) is 32.0 Å². The second-order valence-corrected chi connectivity index (χ2v) is 4.99. The highest BCUT2D eigenvalue weighted by molar-refractivity contribution is 9.10. The van der Waals surface area contributed by atoms with Crippen LogP contribution in [-0.4, -0.2) is 17.8 Å². The van der Waals surface area contributed by atoms with Crippen LogP contribution in [-0.2, 0) is 0 Å². The Balaban J connectivity index is 2.87. The van der Waals surface area contributed by atoms with Crippen molar-refractivity contribution in [2.24, 2.45) is 0 Å². The van der Waals surface area contributed by atoms with Crippen molar-refractivity contribution >= 4 is 27.5 Å². The molecular formula is C11H15BrClNO. The van der Waals surface area contributed by atoms with Crippen molar-refractivity contribution < 1.29 is 5.11 Å². The van der Waals surface area contributed by atoms with Gasteiger partial charge in [0.15, 0.2) is 0 Å². The Morgan fingerprint density at radius 1 is 1.47 bits per heavy atom. The van der Waals surface area contributed by atoms with Crippen LogP contribution >= 0.6 is 27.5 Å². The van der Waals surface area contributed by atoms with Crippen LogP contribution in [0.4, 0.5) is 0 Å². The van der Waals surface area contributed by atoms with Crippen molar-refractivity contribution in [2.45, 2.75) is 25.9 Å². The summed E-state index contributed by atoms with van der Waals surface area (Å²) in [5.74, 6) is 0. The molecule has 1 aromatic carbocycles. The lowest BCUT2D eigenvalue weighted by Crippen LogP contribution is -2.30. The zero-order valence-electron chi connectivity index (χ0n) is 8.80. The molecule has 0 saturated carbocycles. The average molecular weight is 293 g/mol. The average Bonchev–Trinajstić information content (AvgIpc) is 2.18. The van der Waals surface area contributed by atoms with Gasteiger partial charge in [0, 0.05) is 10.5 Å². The van der Waals surface area contributed by atoms with Crippen LogP contribution in [0.3, 0.4) is 0 Å². The Morgan fingerprint density at radius 3 is 2.60 bits per heavy atom. The minimum atomic E-state index is -0.0430.